The van der Waals surface area contributed by atoms with E-state index in [0.29, 0.717) is 82.5 Å². The van der Waals surface area contributed by atoms with E-state index in [-0.39, 0.29) is 5.41 Å². The number of urea groups is 1. The Kier molecular flexibility index (Phi) is 9.44. The fourth-order valence-electron chi connectivity index (χ4n) is 4.57. The van der Waals surface area contributed by atoms with Gasteiger partial charge < -0.3 is 29.0 Å². The molecule has 0 unspecified atom stereocenters. The minimum absolute atomic E-state index is 0.231. The monoisotopic (exact) mass is 626 g/mol. The summed E-state index contributed by atoms with van der Waals surface area (Å²) in [5.41, 5.74) is 0.887. The van der Waals surface area contributed by atoms with Gasteiger partial charge in [-0.05, 0) is 24.6 Å². The van der Waals surface area contributed by atoms with Gasteiger partial charge in [0.1, 0.15) is 17.8 Å². The average molecular weight is 627 g/mol. The molecule has 0 radical (unpaired) electrons. The third kappa shape index (κ3) is 8.08. The summed E-state index contributed by atoms with van der Waals surface area (Å²) < 4.78 is 42.7. The molecule has 14 heteroatoms. The van der Waals surface area contributed by atoms with Crippen molar-refractivity contribution in [3.63, 3.8) is 0 Å². The summed E-state index contributed by atoms with van der Waals surface area (Å²) in [5.74, 6) is 3.66. The van der Waals surface area contributed by atoms with Gasteiger partial charge in [0.05, 0.1) is 36.1 Å². The molecular formula is C30H38N6O7S. The van der Waals surface area contributed by atoms with Crippen LogP contribution < -0.4 is 24.8 Å². The molecular weight excluding hydrogens is 588 g/mol. The minimum Gasteiger partial charge on any atom is -0.493 e. The number of hydrogen-bond donors (Lipinski definition) is 4. The summed E-state index contributed by atoms with van der Waals surface area (Å²) in [4.78, 5) is 23.5. The predicted molar refractivity (Wildman–Crippen MR) is 170 cm³/mol. The average Bonchev–Trinajstić information content (AvgIpc) is 3.45. The second-order valence-corrected chi connectivity index (χ2v) is 13.9. The first-order chi connectivity index (χ1) is 21.0. The van der Waals surface area contributed by atoms with Gasteiger partial charge in [0.25, 0.3) is 0 Å². The van der Waals surface area contributed by atoms with E-state index in [1.807, 2.05) is 20.8 Å². The molecule has 13 nitrogen and oxygen atoms in total. The normalized spacial score (nSPS) is 15.9. The lowest BCUT2D eigenvalue weighted by atomic mass is 9.93. The molecule has 4 aromatic rings. The number of nitrogens with one attached hydrogen (secondary N) is 2. The van der Waals surface area contributed by atoms with Gasteiger partial charge >= 0.3 is 6.03 Å². The van der Waals surface area contributed by atoms with Crippen LogP contribution in [0.4, 0.5) is 16.3 Å². The molecule has 236 valence electrons. The van der Waals surface area contributed by atoms with E-state index in [1.165, 1.54) is 6.33 Å². The SMILES string of the molecule is COc1cc2c(Oc3cccc(NC(=O)Nc4cc(C(C)(C)C)on4)c3)ncnc2cc1OCCCN1CCS(O)(O)CC1. The number of hydrogen-bond acceptors (Lipinski definition) is 11. The maximum atomic E-state index is 12.6. The molecule has 4 N–H and O–H groups in total. The fraction of sp³-hybridized carbons (Fsp3) is 0.400. The van der Waals surface area contributed by atoms with E-state index in [0.717, 1.165) is 13.0 Å². The number of amides is 2. The highest BCUT2D eigenvalue weighted by atomic mass is 32.3. The summed E-state index contributed by atoms with van der Waals surface area (Å²) in [6, 6.07) is 11.7. The van der Waals surface area contributed by atoms with Crippen molar-refractivity contribution < 1.29 is 32.6 Å². The number of aromatic nitrogens is 3. The van der Waals surface area contributed by atoms with E-state index >= 15 is 0 Å². The molecule has 5 rings (SSSR count). The number of carbonyl (C=O) groups is 1. The molecule has 1 fully saturated rings. The lowest BCUT2D eigenvalue weighted by molar-refractivity contribution is 0.236. The van der Waals surface area contributed by atoms with Gasteiger partial charge in [0.15, 0.2) is 17.3 Å². The molecule has 44 heavy (non-hydrogen) atoms. The Morgan fingerprint density at radius 1 is 1.07 bits per heavy atom. The Labute approximate surface area is 257 Å². The topological polar surface area (TPSA) is 164 Å². The number of methoxy groups -OCH3 is 1. The van der Waals surface area contributed by atoms with Gasteiger partial charge in [-0.3, -0.25) is 14.4 Å². The van der Waals surface area contributed by atoms with Crippen molar-refractivity contribution in [2.75, 3.05) is 55.5 Å². The van der Waals surface area contributed by atoms with Crippen LogP contribution in [0, 0.1) is 0 Å². The molecule has 0 saturated carbocycles. The zero-order valence-corrected chi connectivity index (χ0v) is 26.0. The first-order valence-corrected chi connectivity index (χ1v) is 16.1. The fourth-order valence-corrected chi connectivity index (χ4v) is 5.87. The number of anilines is 2. The summed E-state index contributed by atoms with van der Waals surface area (Å²) in [6.45, 7) is 8.60. The maximum absolute atomic E-state index is 12.6. The van der Waals surface area contributed by atoms with Crippen LogP contribution >= 0.6 is 10.6 Å². The Hall–Kier alpha value is -4.11. The van der Waals surface area contributed by atoms with Crippen molar-refractivity contribution in [2.24, 2.45) is 0 Å². The third-order valence-corrected chi connectivity index (χ3v) is 8.70. The molecule has 1 aliphatic heterocycles. The largest absolute Gasteiger partial charge is 0.493 e. The number of benzene rings is 2. The van der Waals surface area contributed by atoms with E-state index in [2.05, 4.69) is 30.7 Å². The van der Waals surface area contributed by atoms with Gasteiger partial charge in [0.2, 0.25) is 5.88 Å². The van der Waals surface area contributed by atoms with Crippen LogP contribution in [0.3, 0.4) is 0 Å². The number of ether oxygens (including phenoxy) is 3. The predicted octanol–water partition coefficient (Wildman–Crippen LogP) is 6.20. The summed E-state index contributed by atoms with van der Waals surface area (Å²) >= 11 is 0. The lowest BCUT2D eigenvalue weighted by Gasteiger charge is -2.40. The molecule has 3 heterocycles. The van der Waals surface area contributed by atoms with E-state index in [9.17, 15) is 13.9 Å². The molecule has 1 aliphatic rings. The van der Waals surface area contributed by atoms with Gasteiger partial charge in [-0.25, -0.2) is 14.8 Å². The van der Waals surface area contributed by atoms with Crippen molar-refractivity contribution in [1.29, 1.82) is 0 Å². The number of fused-ring (bicyclic) bond motifs is 1. The Morgan fingerprint density at radius 2 is 1.86 bits per heavy atom. The first kappa shape index (κ1) is 31.3. The van der Waals surface area contributed by atoms with Crippen LogP contribution in [0.2, 0.25) is 0 Å². The highest BCUT2D eigenvalue weighted by Gasteiger charge is 2.22. The Balaban J connectivity index is 1.21. The van der Waals surface area contributed by atoms with Gasteiger partial charge in [0, 0.05) is 48.9 Å². The second-order valence-electron chi connectivity index (χ2n) is 11.5. The van der Waals surface area contributed by atoms with Crippen molar-refractivity contribution in [2.45, 2.75) is 32.6 Å². The molecule has 0 atom stereocenters. The zero-order valence-electron chi connectivity index (χ0n) is 25.2. The van der Waals surface area contributed by atoms with Crippen molar-refractivity contribution in [3.8, 4) is 23.1 Å². The van der Waals surface area contributed by atoms with E-state index in [4.69, 9.17) is 18.7 Å². The molecule has 0 bridgehead atoms. The van der Waals surface area contributed by atoms with Crippen molar-refractivity contribution in [3.05, 3.63) is 54.6 Å². The van der Waals surface area contributed by atoms with Crippen molar-refractivity contribution >= 4 is 39.0 Å². The van der Waals surface area contributed by atoms with Gasteiger partial charge in [-0.15, -0.1) is 0 Å². The smallest absolute Gasteiger partial charge is 0.324 e. The molecule has 2 aromatic heterocycles. The Morgan fingerprint density at radius 3 is 2.59 bits per heavy atom. The molecule has 2 aromatic carbocycles. The van der Waals surface area contributed by atoms with Crippen LogP contribution in [0.5, 0.6) is 23.1 Å². The van der Waals surface area contributed by atoms with Crippen LogP contribution in [0.25, 0.3) is 10.9 Å². The standard InChI is InChI=1S/C30H38N6O7S/c1-30(2,3)26-18-27(35-43-26)34-29(37)33-20-7-5-8-21(15-20)42-28-22-16-24(40-4)25(17-23(22)31-19-32-28)41-12-6-9-36-10-13-44(38,39)14-11-36/h5,7-8,15-19,38-39H,6,9-14H2,1-4H3,(H2,33,34,35,37). The van der Waals surface area contributed by atoms with E-state index < -0.39 is 16.6 Å². The number of carbonyl (C=O) groups excluding carboxylic acids is 1. The minimum atomic E-state index is -2.40. The highest BCUT2D eigenvalue weighted by molar-refractivity contribution is 8.24. The summed E-state index contributed by atoms with van der Waals surface area (Å²) in [6.07, 6.45) is 2.19. The molecule has 2 amide bonds. The van der Waals surface area contributed by atoms with Crippen LogP contribution in [-0.4, -0.2) is 80.0 Å². The molecule has 1 saturated heterocycles. The van der Waals surface area contributed by atoms with Crippen LogP contribution in [0.15, 0.2) is 53.3 Å². The summed E-state index contributed by atoms with van der Waals surface area (Å²) in [5, 5.41) is 9.98. The maximum Gasteiger partial charge on any atom is 0.324 e. The second kappa shape index (κ2) is 13.3. The van der Waals surface area contributed by atoms with Crippen molar-refractivity contribution in [1.82, 2.24) is 20.0 Å². The lowest BCUT2D eigenvalue weighted by Crippen LogP contribution is -2.39. The molecule has 0 spiro atoms. The Bertz CT molecular complexity index is 1600. The third-order valence-electron chi connectivity index (χ3n) is 7.03. The number of rotatable bonds is 10. The zero-order chi connectivity index (χ0) is 31.3. The van der Waals surface area contributed by atoms with Crippen LogP contribution in [-0.2, 0) is 5.41 Å². The quantitative estimate of drug-likeness (QED) is 0.148. The van der Waals surface area contributed by atoms with Gasteiger partial charge in [-0.1, -0.05) is 32.0 Å². The number of nitrogens with zero attached hydrogens (tertiary/aromatic N) is 4. The first-order valence-electron chi connectivity index (χ1n) is 14.2. The van der Waals surface area contributed by atoms with Crippen LogP contribution in [0.1, 0.15) is 33.0 Å². The molecule has 0 aliphatic carbocycles. The highest BCUT2D eigenvalue weighted by Crippen LogP contribution is 2.40. The van der Waals surface area contributed by atoms with Gasteiger partial charge in [-0.2, -0.15) is 10.6 Å². The van der Waals surface area contributed by atoms with E-state index in [1.54, 1.807) is 49.6 Å². The summed E-state index contributed by atoms with van der Waals surface area (Å²) in [7, 11) is -0.837.